The molecule has 0 fully saturated rings. The molecule has 0 bridgehead atoms. The Labute approximate surface area is 118 Å². The SMILES string of the molecule is NNC(CC1=CCCCC1)Cc1ccc(F)cc1Cl. The molecule has 0 radical (unpaired) electrons. The summed E-state index contributed by atoms with van der Waals surface area (Å²) in [5.41, 5.74) is 5.24. The highest BCUT2D eigenvalue weighted by Gasteiger charge is 2.14. The number of hydrogen-bond acceptors (Lipinski definition) is 2. The van der Waals surface area contributed by atoms with Gasteiger partial charge in [-0.25, -0.2) is 4.39 Å². The number of hydrazine groups is 1. The van der Waals surface area contributed by atoms with Crippen molar-refractivity contribution in [3.8, 4) is 0 Å². The van der Waals surface area contributed by atoms with Gasteiger partial charge in [0.25, 0.3) is 0 Å². The van der Waals surface area contributed by atoms with Crippen LogP contribution >= 0.6 is 11.6 Å². The number of allylic oxidation sites excluding steroid dienone is 1. The fraction of sp³-hybridized carbons (Fsp3) is 0.467. The second-order valence-corrected chi connectivity index (χ2v) is 5.52. The molecule has 1 aliphatic rings. The van der Waals surface area contributed by atoms with Crippen molar-refractivity contribution < 1.29 is 4.39 Å². The minimum absolute atomic E-state index is 0.146. The summed E-state index contributed by atoms with van der Waals surface area (Å²) in [6, 6.07) is 4.67. The van der Waals surface area contributed by atoms with Crippen LogP contribution in [-0.2, 0) is 6.42 Å². The molecule has 0 spiro atoms. The van der Waals surface area contributed by atoms with Crippen molar-refractivity contribution in [2.45, 2.75) is 44.6 Å². The Morgan fingerprint density at radius 2 is 2.16 bits per heavy atom. The summed E-state index contributed by atoms with van der Waals surface area (Å²) >= 11 is 6.05. The summed E-state index contributed by atoms with van der Waals surface area (Å²) in [6.45, 7) is 0. The van der Waals surface area contributed by atoms with E-state index < -0.39 is 0 Å². The molecule has 2 rings (SSSR count). The maximum absolute atomic E-state index is 13.0. The van der Waals surface area contributed by atoms with Crippen LogP contribution in [0.1, 0.15) is 37.7 Å². The van der Waals surface area contributed by atoms with Crippen molar-refractivity contribution in [2.75, 3.05) is 0 Å². The fourth-order valence-electron chi connectivity index (χ4n) is 2.55. The van der Waals surface area contributed by atoms with E-state index in [9.17, 15) is 4.39 Å². The number of nitrogens with one attached hydrogen (secondary N) is 1. The zero-order valence-corrected chi connectivity index (χ0v) is 11.7. The maximum atomic E-state index is 13.0. The highest BCUT2D eigenvalue weighted by Crippen LogP contribution is 2.24. The van der Waals surface area contributed by atoms with Gasteiger partial charge in [-0.15, -0.1) is 0 Å². The summed E-state index contributed by atoms with van der Waals surface area (Å²) in [5.74, 6) is 5.32. The van der Waals surface area contributed by atoms with Gasteiger partial charge in [-0.05, 0) is 56.2 Å². The Bertz CT molecular complexity index is 459. The zero-order chi connectivity index (χ0) is 13.7. The van der Waals surface area contributed by atoms with Gasteiger partial charge in [-0.1, -0.05) is 29.3 Å². The van der Waals surface area contributed by atoms with Crippen LogP contribution in [0.5, 0.6) is 0 Å². The van der Waals surface area contributed by atoms with Crippen LogP contribution < -0.4 is 11.3 Å². The first-order chi connectivity index (χ1) is 9.19. The Morgan fingerprint density at radius 1 is 1.32 bits per heavy atom. The van der Waals surface area contributed by atoms with Crippen molar-refractivity contribution in [3.63, 3.8) is 0 Å². The van der Waals surface area contributed by atoms with E-state index in [4.69, 9.17) is 17.4 Å². The Morgan fingerprint density at radius 3 is 2.79 bits per heavy atom. The van der Waals surface area contributed by atoms with Crippen LogP contribution in [0.2, 0.25) is 5.02 Å². The van der Waals surface area contributed by atoms with Gasteiger partial charge in [0.1, 0.15) is 5.82 Å². The molecule has 1 unspecified atom stereocenters. The van der Waals surface area contributed by atoms with E-state index in [1.54, 1.807) is 6.07 Å². The molecule has 0 aromatic heterocycles. The van der Waals surface area contributed by atoms with Crippen molar-refractivity contribution in [3.05, 3.63) is 46.3 Å². The number of hydrogen-bond donors (Lipinski definition) is 2. The topological polar surface area (TPSA) is 38.0 Å². The van der Waals surface area contributed by atoms with Crippen LogP contribution in [0.4, 0.5) is 4.39 Å². The quantitative estimate of drug-likeness (QED) is 0.490. The molecule has 0 saturated heterocycles. The molecule has 4 heteroatoms. The first-order valence-electron chi connectivity index (χ1n) is 6.77. The van der Waals surface area contributed by atoms with Crippen molar-refractivity contribution in [2.24, 2.45) is 5.84 Å². The van der Waals surface area contributed by atoms with Gasteiger partial charge in [-0.3, -0.25) is 11.3 Å². The third-order valence-electron chi connectivity index (χ3n) is 3.61. The average Bonchev–Trinajstić information content (AvgIpc) is 2.42. The number of rotatable bonds is 5. The monoisotopic (exact) mass is 282 g/mol. The lowest BCUT2D eigenvalue weighted by Gasteiger charge is -2.20. The molecule has 3 N–H and O–H groups in total. The van der Waals surface area contributed by atoms with Crippen LogP contribution in [0, 0.1) is 5.82 Å². The first kappa shape index (κ1) is 14.5. The third kappa shape index (κ3) is 4.30. The molecule has 1 aromatic carbocycles. The predicted octanol–water partition coefficient (Wildman–Crippen LogP) is 3.74. The lowest BCUT2D eigenvalue weighted by Crippen LogP contribution is -2.37. The van der Waals surface area contributed by atoms with Crippen molar-refractivity contribution in [1.82, 2.24) is 5.43 Å². The smallest absolute Gasteiger partial charge is 0.124 e. The highest BCUT2D eigenvalue weighted by molar-refractivity contribution is 6.31. The van der Waals surface area contributed by atoms with E-state index in [1.807, 2.05) is 0 Å². The molecule has 1 atom stereocenters. The molecule has 1 aliphatic carbocycles. The first-order valence-corrected chi connectivity index (χ1v) is 7.15. The zero-order valence-electron chi connectivity index (χ0n) is 11.0. The normalized spacial score (nSPS) is 17.1. The fourth-order valence-corrected chi connectivity index (χ4v) is 2.79. The van der Waals surface area contributed by atoms with Gasteiger partial charge in [0.15, 0.2) is 0 Å². The number of halogens is 2. The molecule has 19 heavy (non-hydrogen) atoms. The Balaban J connectivity index is 2.00. The minimum Gasteiger partial charge on any atom is -0.271 e. The van der Waals surface area contributed by atoms with Crippen LogP contribution in [0.25, 0.3) is 0 Å². The molecule has 104 valence electrons. The van der Waals surface area contributed by atoms with E-state index in [-0.39, 0.29) is 11.9 Å². The molecule has 0 amide bonds. The summed E-state index contributed by atoms with van der Waals surface area (Å²) < 4.78 is 13.0. The second kappa shape index (κ2) is 7.04. The summed E-state index contributed by atoms with van der Waals surface area (Å²) in [6.07, 6.45) is 8.85. The van der Waals surface area contributed by atoms with Gasteiger partial charge in [0, 0.05) is 11.1 Å². The summed E-state index contributed by atoms with van der Waals surface area (Å²) in [4.78, 5) is 0. The maximum Gasteiger partial charge on any atom is 0.124 e. The van der Waals surface area contributed by atoms with Gasteiger partial charge in [0.05, 0.1) is 0 Å². The van der Waals surface area contributed by atoms with Crippen molar-refractivity contribution >= 4 is 11.6 Å². The Hall–Kier alpha value is -0.900. The highest BCUT2D eigenvalue weighted by atomic mass is 35.5. The van der Waals surface area contributed by atoms with E-state index in [0.717, 1.165) is 18.4 Å². The van der Waals surface area contributed by atoms with Crippen LogP contribution in [0.15, 0.2) is 29.8 Å². The van der Waals surface area contributed by atoms with Crippen molar-refractivity contribution in [1.29, 1.82) is 0 Å². The lowest BCUT2D eigenvalue weighted by molar-refractivity contribution is 0.504. The predicted molar refractivity (Wildman–Crippen MR) is 77.4 cm³/mol. The van der Waals surface area contributed by atoms with E-state index in [2.05, 4.69) is 11.5 Å². The van der Waals surface area contributed by atoms with Gasteiger partial charge < -0.3 is 0 Å². The molecular weight excluding hydrogens is 263 g/mol. The third-order valence-corrected chi connectivity index (χ3v) is 3.96. The van der Waals surface area contributed by atoms with Gasteiger partial charge >= 0.3 is 0 Å². The van der Waals surface area contributed by atoms with E-state index in [1.165, 1.54) is 37.0 Å². The second-order valence-electron chi connectivity index (χ2n) is 5.12. The van der Waals surface area contributed by atoms with Crippen LogP contribution in [-0.4, -0.2) is 6.04 Å². The molecule has 0 heterocycles. The number of benzene rings is 1. The molecule has 0 saturated carbocycles. The summed E-state index contributed by atoms with van der Waals surface area (Å²) in [7, 11) is 0. The minimum atomic E-state index is -0.305. The summed E-state index contributed by atoms with van der Waals surface area (Å²) in [5, 5.41) is 0.470. The van der Waals surface area contributed by atoms with E-state index in [0.29, 0.717) is 11.4 Å². The van der Waals surface area contributed by atoms with Gasteiger partial charge in [-0.2, -0.15) is 0 Å². The van der Waals surface area contributed by atoms with E-state index >= 15 is 0 Å². The lowest BCUT2D eigenvalue weighted by atomic mass is 9.92. The van der Waals surface area contributed by atoms with Crippen LogP contribution in [0.3, 0.4) is 0 Å². The largest absolute Gasteiger partial charge is 0.271 e. The standard InChI is InChI=1S/C15H20ClFN2/c16-15-10-13(17)7-6-12(15)9-14(19-18)8-11-4-2-1-3-5-11/h4,6-7,10,14,19H,1-3,5,8-9,18H2. The molecule has 0 aliphatic heterocycles. The molecule has 2 nitrogen and oxygen atoms in total. The van der Waals surface area contributed by atoms with Gasteiger partial charge in [0.2, 0.25) is 0 Å². The Kier molecular flexibility index (Phi) is 5.37. The number of nitrogens with two attached hydrogens (primary N) is 1. The molecular formula is C15H20ClFN2. The molecule has 1 aromatic rings. The average molecular weight is 283 g/mol.